The molecule has 0 atom stereocenters. The van der Waals surface area contributed by atoms with E-state index in [-0.39, 0.29) is 5.97 Å². The number of benzene rings is 2. The summed E-state index contributed by atoms with van der Waals surface area (Å²) in [6.45, 7) is 5.13. The number of allylic oxidation sites excluding steroid dienone is 1. The van der Waals surface area contributed by atoms with Gasteiger partial charge in [0.2, 0.25) is 0 Å². The molecule has 0 N–H and O–H groups in total. The SMILES string of the molecule is C=CCc1ccc(-c2ccccc2OC(C)=O)c(OC)c1. The highest BCUT2D eigenvalue weighted by atomic mass is 16.5. The summed E-state index contributed by atoms with van der Waals surface area (Å²) in [6.07, 6.45) is 2.63. The maximum Gasteiger partial charge on any atom is 0.308 e. The summed E-state index contributed by atoms with van der Waals surface area (Å²) in [5.41, 5.74) is 2.84. The van der Waals surface area contributed by atoms with Gasteiger partial charge in [0.05, 0.1) is 7.11 Å². The molecule has 108 valence electrons. The van der Waals surface area contributed by atoms with Crippen molar-refractivity contribution in [2.75, 3.05) is 7.11 Å². The van der Waals surface area contributed by atoms with E-state index in [1.165, 1.54) is 6.92 Å². The first-order valence-corrected chi connectivity index (χ1v) is 6.71. The Kier molecular flexibility index (Phi) is 4.77. The van der Waals surface area contributed by atoms with E-state index in [1.54, 1.807) is 13.2 Å². The molecule has 0 spiro atoms. The summed E-state index contributed by atoms with van der Waals surface area (Å²) < 4.78 is 10.7. The highest BCUT2D eigenvalue weighted by Gasteiger charge is 2.12. The van der Waals surface area contributed by atoms with Crippen molar-refractivity contribution in [2.45, 2.75) is 13.3 Å². The van der Waals surface area contributed by atoms with Crippen molar-refractivity contribution in [3.63, 3.8) is 0 Å². The second-order valence-corrected chi connectivity index (χ2v) is 4.62. The Morgan fingerprint density at radius 3 is 2.52 bits per heavy atom. The normalized spacial score (nSPS) is 10.0. The number of rotatable bonds is 5. The lowest BCUT2D eigenvalue weighted by atomic mass is 10.0. The van der Waals surface area contributed by atoms with E-state index >= 15 is 0 Å². The molecule has 0 radical (unpaired) electrons. The first-order chi connectivity index (χ1) is 10.2. The highest BCUT2D eigenvalue weighted by Crippen LogP contribution is 2.37. The topological polar surface area (TPSA) is 35.5 Å². The summed E-state index contributed by atoms with van der Waals surface area (Å²) in [5, 5.41) is 0. The third-order valence-corrected chi connectivity index (χ3v) is 3.08. The fraction of sp³-hybridized carbons (Fsp3) is 0.167. The van der Waals surface area contributed by atoms with E-state index in [4.69, 9.17) is 9.47 Å². The summed E-state index contributed by atoms with van der Waals surface area (Å²) in [4.78, 5) is 11.2. The number of para-hydroxylation sites is 1. The Bertz CT molecular complexity index is 659. The van der Waals surface area contributed by atoms with Crippen LogP contribution in [0.3, 0.4) is 0 Å². The molecule has 0 amide bonds. The van der Waals surface area contributed by atoms with E-state index in [2.05, 4.69) is 6.58 Å². The van der Waals surface area contributed by atoms with Crippen molar-refractivity contribution >= 4 is 5.97 Å². The Morgan fingerprint density at radius 2 is 1.86 bits per heavy atom. The molecule has 0 saturated heterocycles. The van der Waals surface area contributed by atoms with Crippen molar-refractivity contribution in [3.05, 3.63) is 60.7 Å². The van der Waals surface area contributed by atoms with Crippen molar-refractivity contribution in [2.24, 2.45) is 0 Å². The Balaban J connectivity index is 2.51. The van der Waals surface area contributed by atoms with Crippen LogP contribution in [0.15, 0.2) is 55.1 Å². The van der Waals surface area contributed by atoms with E-state index < -0.39 is 0 Å². The van der Waals surface area contributed by atoms with Crippen LogP contribution in [-0.2, 0) is 11.2 Å². The van der Waals surface area contributed by atoms with Gasteiger partial charge in [-0.15, -0.1) is 6.58 Å². The van der Waals surface area contributed by atoms with Gasteiger partial charge < -0.3 is 9.47 Å². The van der Waals surface area contributed by atoms with Crippen LogP contribution in [0.2, 0.25) is 0 Å². The summed E-state index contributed by atoms with van der Waals surface area (Å²) >= 11 is 0. The van der Waals surface area contributed by atoms with Crippen LogP contribution >= 0.6 is 0 Å². The van der Waals surface area contributed by atoms with Crippen LogP contribution in [0.4, 0.5) is 0 Å². The van der Waals surface area contributed by atoms with Gasteiger partial charge in [-0.25, -0.2) is 0 Å². The standard InChI is InChI=1S/C18H18O3/c1-4-7-14-10-11-16(18(12-14)20-3)15-8-5-6-9-17(15)21-13(2)19/h4-6,8-12H,1,7H2,2-3H3. The molecular weight excluding hydrogens is 264 g/mol. The average Bonchev–Trinajstić information content (AvgIpc) is 2.48. The van der Waals surface area contributed by atoms with E-state index in [0.717, 1.165) is 28.9 Å². The monoisotopic (exact) mass is 282 g/mol. The Morgan fingerprint density at radius 1 is 1.14 bits per heavy atom. The molecule has 2 aromatic rings. The second kappa shape index (κ2) is 6.75. The fourth-order valence-electron chi connectivity index (χ4n) is 2.18. The zero-order chi connectivity index (χ0) is 15.2. The molecule has 0 unspecified atom stereocenters. The lowest BCUT2D eigenvalue weighted by Crippen LogP contribution is -2.03. The smallest absolute Gasteiger partial charge is 0.308 e. The zero-order valence-electron chi connectivity index (χ0n) is 12.3. The number of methoxy groups -OCH3 is 1. The van der Waals surface area contributed by atoms with E-state index in [0.29, 0.717) is 5.75 Å². The third-order valence-electron chi connectivity index (χ3n) is 3.08. The van der Waals surface area contributed by atoms with E-state index in [9.17, 15) is 4.79 Å². The molecule has 3 nitrogen and oxygen atoms in total. The molecule has 0 bridgehead atoms. The molecule has 2 aromatic carbocycles. The maximum absolute atomic E-state index is 11.2. The molecule has 0 fully saturated rings. The predicted octanol–water partition coefficient (Wildman–Crippen LogP) is 4.02. The fourth-order valence-corrected chi connectivity index (χ4v) is 2.18. The number of carbonyl (C=O) groups is 1. The van der Waals surface area contributed by atoms with Crippen LogP contribution in [0.1, 0.15) is 12.5 Å². The van der Waals surface area contributed by atoms with Crippen LogP contribution in [0, 0.1) is 0 Å². The Labute approximate surface area is 124 Å². The highest BCUT2D eigenvalue weighted by molar-refractivity contribution is 5.79. The summed E-state index contributed by atoms with van der Waals surface area (Å²) in [7, 11) is 1.63. The minimum Gasteiger partial charge on any atom is -0.496 e. The summed E-state index contributed by atoms with van der Waals surface area (Å²) in [5.74, 6) is 0.929. The minimum absolute atomic E-state index is 0.343. The number of carbonyl (C=O) groups excluding carboxylic acids is 1. The molecule has 2 rings (SSSR count). The van der Waals surface area contributed by atoms with Crippen LogP contribution in [-0.4, -0.2) is 13.1 Å². The van der Waals surface area contributed by atoms with Gasteiger partial charge in [0, 0.05) is 18.1 Å². The molecule has 3 heteroatoms. The number of hydrogen-bond donors (Lipinski definition) is 0. The van der Waals surface area contributed by atoms with Gasteiger partial charge in [0.25, 0.3) is 0 Å². The van der Waals surface area contributed by atoms with Crippen molar-refractivity contribution in [1.82, 2.24) is 0 Å². The first kappa shape index (κ1) is 14.9. The second-order valence-electron chi connectivity index (χ2n) is 4.62. The molecule has 0 aliphatic heterocycles. The van der Waals surface area contributed by atoms with Gasteiger partial charge in [0.1, 0.15) is 11.5 Å². The van der Waals surface area contributed by atoms with Gasteiger partial charge in [0.15, 0.2) is 0 Å². The maximum atomic E-state index is 11.2. The third kappa shape index (κ3) is 3.51. The molecule has 0 saturated carbocycles. The Hall–Kier alpha value is -2.55. The average molecular weight is 282 g/mol. The van der Waals surface area contributed by atoms with Gasteiger partial charge in [-0.05, 0) is 24.1 Å². The van der Waals surface area contributed by atoms with Gasteiger partial charge >= 0.3 is 5.97 Å². The molecule has 0 aromatic heterocycles. The van der Waals surface area contributed by atoms with Crippen molar-refractivity contribution in [3.8, 4) is 22.6 Å². The lowest BCUT2D eigenvalue weighted by Gasteiger charge is -2.13. The lowest BCUT2D eigenvalue weighted by molar-refractivity contribution is -0.131. The molecular formula is C18H18O3. The molecule has 0 aliphatic carbocycles. The minimum atomic E-state index is -0.343. The van der Waals surface area contributed by atoms with Crippen LogP contribution < -0.4 is 9.47 Å². The number of ether oxygens (including phenoxy) is 2. The molecule has 0 heterocycles. The van der Waals surface area contributed by atoms with Crippen LogP contribution in [0.5, 0.6) is 11.5 Å². The van der Waals surface area contributed by atoms with E-state index in [1.807, 2.05) is 42.5 Å². The number of esters is 1. The number of hydrogen-bond acceptors (Lipinski definition) is 3. The van der Waals surface area contributed by atoms with Gasteiger partial charge in [-0.2, -0.15) is 0 Å². The van der Waals surface area contributed by atoms with Gasteiger partial charge in [-0.1, -0.05) is 36.4 Å². The summed E-state index contributed by atoms with van der Waals surface area (Å²) in [6, 6.07) is 13.4. The molecule has 21 heavy (non-hydrogen) atoms. The first-order valence-electron chi connectivity index (χ1n) is 6.71. The van der Waals surface area contributed by atoms with Crippen molar-refractivity contribution < 1.29 is 14.3 Å². The quantitative estimate of drug-likeness (QED) is 0.472. The largest absolute Gasteiger partial charge is 0.496 e. The predicted molar refractivity (Wildman–Crippen MR) is 83.6 cm³/mol. The van der Waals surface area contributed by atoms with Crippen LogP contribution in [0.25, 0.3) is 11.1 Å². The molecule has 0 aliphatic rings. The zero-order valence-corrected chi connectivity index (χ0v) is 12.3. The van der Waals surface area contributed by atoms with Gasteiger partial charge in [-0.3, -0.25) is 4.79 Å². The van der Waals surface area contributed by atoms with Crippen molar-refractivity contribution in [1.29, 1.82) is 0 Å².